The fourth-order valence-corrected chi connectivity index (χ4v) is 4.82. The van der Waals surface area contributed by atoms with Gasteiger partial charge in [0, 0.05) is 30.0 Å². The molecule has 0 aliphatic carbocycles. The number of anilines is 2. The van der Waals surface area contributed by atoms with Gasteiger partial charge in [-0.05, 0) is 74.9 Å². The summed E-state index contributed by atoms with van der Waals surface area (Å²) in [4.78, 5) is 31.6. The zero-order valence-corrected chi connectivity index (χ0v) is 22.9. The van der Waals surface area contributed by atoms with E-state index in [2.05, 4.69) is 20.5 Å². The third-order valence-corrected chi connectivity index (χ3v) is 6.67. The second kappa shape index (κ2) is 11.4. The zero-order valence-electron chi connectivity index (χ0n) is 22.9. The Labute approximate surface area is 232 Å². The lowest BCUT2D eigenvalue weighted by atomic mass is 10.00. The molecule has 1 aromatic heterocycles. The maximum Gasteiger partial charge on any atom is 0.249 e. The third-order valence-electron chi connectivity index (χ3n) is 6.67. The van der Waals surface area contributed by atoms with Crippen molar-refractivity contribution in [1.82, 2.24) is 20.3 Å². The van der Waals surface area contributed by atoms with Crippen molar-refractivity contribution in [2.24, 2.45) is 0 Å². The van der Waals surface area contributed by atoms with Crippen molar-refractivity contribution >= 4 is 34.2 Å². The average Bonchev–Trinajstić information content (AvgIpc) is 3.34. The predicted molar refractivity (Wildman–Crippen MR) is 152 cm³/mol. The first-order chi connectivity index (χ1) is 19.2. The number of morpholine rings is 1. The normalized spacial score (nSPS) is 14.7. The van der Waals surface area contributed by atoms with Crippen LogP contribution in [-0.4, -0.2) is 58.7 Å². The Morgan fingerprint density at radius 1 is 1.00 bits per heavy atom. The highest BCUT2D eigenvalue weighted by Gasteiger charge is 2.35. The molecule has 0 radical (unpaired) electrons. The van der Waals surface area contributed by atoms with Crippen molar-refractivity contribution in [2.45, 2.75) is 38.9 Å². The van der Waals surface area contributed by atoms with Gasteiger partial charge in [0.15, 0.2) is 0 Å². The highest BCUT2D eigenvalue weighted by atomic mass is 19.1. The zero-order chi connectivity index (χ0) is 28.3. The predicted octanol–water partition coefficient (Wildman–Crippen LogP) is 4.10. The molecular formula is C30H33FN6O3. The highest BCUT2D eigenvalue weighted by Crippen LogP contribution is 2.31. The fourth-order valence-electron chi connectivity index (χ4n) is 4.82. The van der Waals surface area contributed by atoms with Crippen LogP contribution in [0.3, 0.4) is 0 Å². The van der Waals surface area contributed by atoms with Crippen molar-refractivity contribution in [3.8, 4) is 0 Å². The number of carbonyl (C=O) groups excluding carboxylic acids is 2. The van der Waals surface area contributed by atoms with Gasteiger partial charge < -0.3 is 15.0 Å². The van der Waals surface area contributed by atoms with Crippen LogP contribution >= 0.6 is 0 Å². The number of para-hydroxylation sites is 1. The van der Waals surface area contributed by atoms with Crippen LogP contribution in [0.25, 0.3) is 11.0 Å². The molecule has 3 aromatic carbocycles. The van der Waals surface area contributed by atoms with Crippen LogP contribution < -0.4 is 15.1 Å². The number of fused-ring (bicyclic) bond motifs is 1. The van der Waals surface area contributed by atoms with Gasteiger partial charge >= 0.3 is 0 Å². The molecule has 0 spiro atoms. The monoisotopic (exact) mass is 544 g/mol. The number of hydrogen-bond acceptors (Lipinski definition) is 6. The number of nitrogens with one attached hydrogen (secondary N) is 1. The number of ether oxygens (including phenoxy) is 1. The molecule has 1 atom stereocenters. The van der Waals surface area contributed by atoms with Crippen molar-refractivity contribution in [1.29, 1.82) is 0 Å². The van der Waals surface area contributed by atoms with E-state index in [1.807, 2.05) is 69.3 Å². The van der Waals surface area contributed by atoms with E-state index in [0.29, 0.717) is 35.5 Å². The van der Waals surface area contributed by atoms with E-state index in [0.717, 1.165) is 18.8 Å². The summed E-state index contributed by atoms with van der Waals surface area (Å²) in [5, 5.41) is 11.4. The van der Waals surface area contributed by atoms with E-state index < -0.39 is 23.3 Å². The van der Waals surface area contributed by atoms with E-state index in [4.69, 9.17) is 4.74 Å². The minimum Gasteiger partial charge on any atom is -0.378 e. The molecule has 5 rings (SSSR count). The van der Waals surface area contributed by atoms with Crippen molar-refractivity contribution < 1.29 is 18.7 Å². The van der Waals surface area contributed by atoms with E-state index in [1.54, 1.807) is 0 Å². The Morgan fingerprint density at radius 2 is 1.68 bits per heavy atom. The number of benzene rings is 3. The van der Waals surface area contributed by atoms with Gasteiger partial charge in [-0.3, -0.25) is 14.5 Å². The van der Waals surface area contributed by atoms with Crippen LogP contribution in [-0.2, 0) is 20.9 Å². The van der Waals surface area contributed by atoms with Crippen molar-refractivity contribution in [2.75, 3.05) is 36.1 Å². The molecule has 2 heterocycles. The van der Waals surface area contributed by atoms with E-state index in [9.17, 15) is 14.0 Å². The minimum atomic E-state index is -1.02. The summed E-state index contributed by atoms with van der Waals surface area (Å²) >= 11 is 0. The molecule has 1 aliphatic heterocycles. The van der Waals surface area contributed by atoms with Gasteiger partial charge in [-0.15, -0.1) is 5.10 Å². The van der Waals surface area contributed by atoms with Gasteiger partial charge in [0.25, 0.3) is 0 Å². The molecule has 0 unspecified atom stereocenters. The molecule has 208 valence electrons. The van der Waals surface area contributed by atoms with Crippen molar-refractivity contribution in [3.05, 3.63) is 84.2 Å². The van der Waals surface area contributed by atoms with Gasteiger partial charge in [0.05, 0.1) is 18.7 Å². The molecular weight excluding hydrogens is 511 g/mol. The molecule has 0 bridgehead atoms. The van der Waals surface area contributed by atoms with Gasteiger partial charge in [0.2, 0.25) is 11.8 Å². The number of aromatic nitrogens is 3. The van der Waals surface area contributed by atoms with Gasteiger partial charge in [0.1, 0.15) is 23.9 Å². The molecule has 0 saturated carbocycles. The summed E-state index contributed by atoms with van der Waals surface area (Å²) in [6.07, 6.45) is 0. The smallest absolute Gasteiger partial charge is 0.249 e. The molecule has 1 N–H and O–H groups in total. The summed E-state index contributed by atoms with van der Waals surface area (Å²) in [7, 11) is 0. The first-order valence-corrected chi connectivity index (χ1v) is 13.3. The molecule has 1 fully saturated rings. The first-order valence-electron chi connectivity index (χ1n) is 13.3. The Bertz CT molecular complexity index is 1470. The number of nitrogens with zero attached hydrogens (tertiary/aromatic N) is 5. The molecule has 4 aromatic rings. The second-order valence-corrected chi connectivity index (χ2v) is 10.8. The quantitative estimate of drug-likeness (QED) is 0.377. The maximum atomic E-state index is 14.1. The molecule has 1 saturated heterocycles. The lowest BCUT2D eigenvalue weighted by Crippen LogP contribution is -2.50. The summed E-state index contributed by atoms with van der Waals surface area (Å²) in [6, 6.07) is 19.5. The summed E-state index contributed by atoms with van der Waals surface area (Å²) in [5.74, 6) is -1.19. The number of halogens is 1. The molecule has 9 nitrogen and oxygen atoms in total. The molecule has 40 heavy (non-hydrogen) atoms. The molecule has 10 heteroatoms. The van der Waals surface area contributed by atoms with Crippen LogP contribution in [0.1, 0.15) is 32.4 Å². The number of amides is 2. The second-order valence-electron chi connectivity index (χ2n) is 10.8. The van der Waals surface area contributed by atoms with Crippen LogP contribution in [0.5, 0.6) is 0 Å². The van der Waals surface area contributed by atoms with Gasteiger partial charge in [-0.1, -0.05) is 29.5 Å². The Kier molecular flexibility index (Phi) is 7.79. The Balaban J connectivity index is 1.56. The fraction of sp³-hybridized carbons (Fsp3) is 0.333. The molecule has 1 aliphatic rings. The number of hydrogen-bond donors (Lipinski definition) is 1. The van der Waals surface area contributed by atoms with Crippen LogP contribution in [0.4, 0.5) is 15.8 Å². The van der Waals surface area contributed by atoms with E-state index in [1.165, 1.54) is 33.8 Å². The van der Waals surface area contributed by atoms with E-state index in [-0.39, 0.29) is 12.5 Å². The average molecular weight is 545 g/mol. The van der Waals surface area contributed by atoms with Crippen LogP contribution in [0, 0.1) is 5.82 Å². The largest absolute Gasteiger partial charge is 0.378 e. The summed E-state index contributed by atoms with van der Waals surface area (Å²) < 4.78 is 20.9. The summed E-state index contributed by atoms with van der Waals surface area (Å²) in [5.41, 5.74) is 2.82. The van der Waals surface area contributed by atoms with Gasteiger partial charge in [-0.25, -0.2) is 9.07 Å². The van der Waals surface area contributed by atoms with Crippen LogP contribution in [0.2, 0.25) is 0 Å². The van der Waals surface area contributed by atoms with Crippen molar-refractivity contribution in [3.63, 3.8) is 0 Å². The lowest BCUT2D eigenvalue weighted by molar-refractivity contribution is -0.128. The Morgan fingerprint density at radius 3 is 2.35 bits per heavy atom. The minimum absolute atomic E-state index is 0.164. The lowest BCUT2D eigenvalue weighted by Gasteiger charge is -2.34. The first kappa shape index (κ1) is 27.3. The maximum absolute atomic E-state index is 14.1. The van der Waals surface area contributed by atoms with Crippen LogP contribution in [0.15, 0.2) is 72.8 Å². The summed E-state index contributed by atoms with van der Waals surface area (Å²) in [6.45, 7) is 8.35. The Hall–Kier alpha value is -4.31. The topological polar surface area (TPSA) is 92.6 Å². The van der Waals surface area contributed by atoms with Gasteiger partial charge in [-0.2, -0.15) is 0 Å². The number of rotatable bonds is 7. The number of carbonyl (C=O) groups is 2. The standard InChI is InChI=1S/C30H33FN6O3/c1-30(2,3)32-29(39)28(21-8-12-23(13-9-21)35-16-18-40-19-17-35)37(24-14-10-22(31)11-15-24)27(38)20-36-26-7-5-4-6-25(26)33-34-36/h4-15,28H,16-20H2,1-3H3,(H,32,39)/t28-/m0/s1. The molecule has 2 amide bonds. The van der Waals surface area contributed by atoms with E-state index >= 15 is 0 Å². The highest BCUT2D eigenvalue weighted by molar-refractivity contribution is 6.01. The third kappa shape index (κ3) is 6.12. The SMILES string of the molecule is CC(C)(C)NC(=O)[C@H](c1ccc(N2CCOCC2)cc1)N(C(=O)Cn1nnc2ccccc21)c1ccc(F)cc1.